The van der Waals surface area contributed by atoms with Crippen LogP contribution < -0.4 is 10.9 Å². The molecule has 0 atom stereocenters. The number of aryl methyl sites for hydroxylation is 1. The van der Waals surface area contributed by atoms with Crippen molar-refractivity contribution in [3.8, 4) is 11.4 Å². The van der Waals surface area contributed by atoms with Crippen molar-refractivity contribution in [1.82, 2.24) is 14.9 Å². The average Bonchev–Trinajstić information content (AvgIpc) is 2.64. The third kappa shape index (κ3) is 4.77. The van der Waals surface area contributed by atoms with Gasteiger partial charge in [-0.1, -0.05) is 41.4 Å². The van der Waals surface area contributed by atoms with E-state index in [1.54, 1.807) is 31.2 Å². The predicted molar refractivity (Wildman–Crippen MR) is 107 cm³/mol. The quantitative estimate of drug-likeness (QED) is 0.679. The first kappa shape index (κ1) is 20.0. The van der Waals surface area contributed by atoms with Crippen LogP contribution in [-0.4, -0.2) is 15.5 Å². The van der Waals surface area contributed by atoms with E-state index in [-0.39, 0.29) is 23.7 Å². The Morgan fingerprint density at radius 3 is 2.68 bits per heavy atom. The molecule has 0 spiro atoms. The van der Waals surface area contributed by atoms with E-state index in [0.717, 1.165) is 0 Å². The molecular formula is C20H16Cl2FN3O2. The van der Waals surface area contributed by atoms with Crippen LogP contribution in [0.4, 0.5) is 4.39 Å². The van der Waals surface area contributed by atoms with Gasteiger partial charge in [0, 0.05) is 28.9 Å². The third-order valence-electron chi connectivity index (χ3n) is 3.99. The Morgan fingerprint density at radius 1 is 1.18 bits per heavy atom. The number of benzene rings is 2. The largest absolute Gasteiger partial charge is 0.350 e. The zero-order valence-electron chi connectivity index (χ0n) is 14.9. The summed E-state index contributed by atoms with van der Waals surface area (Å²) in [5, 5.41) is 3.17. The van der Waals surface area contributed by atoms with Gasteiger partial charge in [-0.15, -0.1) is 0 Å². The number of hydrogen-bond donors (Lipinski definition) is 1. The smallest absolute Gasteiger partial charge is 0.254 e. The van der Waals surface area contributed by atoms with E-state index < -0.39 is 11.7 Å². The van der Waals surface area contributed by atoms with Gasteiger partial charge in [-0.25, -0.2) is 9.37 Å². The van der Waals surface area contributed by atoms with Crippen LogP contribution in [0.5, 0.6) is 0 Å². The van der Waals surface area contributed by atoms with Gasteiger partial charge >= 0.3 is 0 Å². The van der Waals surface area contributed by atoms with E-state index in [1.807, 2.05) is 0 Å². The number of nitrogens with one attached hydrogen (secondary N) is 1. The first-order valence-corrected chi connectivity index (χ1v) is 9.14. The summed E-state index contributed by atoms with van der Waals surface area (Å²) >= 11 is 11.8. The summed E-state index contributed by atoms with van der Waals surface area (Å²) in [5.74, 6) is -0.566. The Kier molecular flexibility index (Phi) is 6.11. The van der Waals surface area contributed by atoms with Crippen LogP contribution in [-0.2, 0) is 17.9 Å². The molecule has 0 saturated carbocycles. The van der Waals surface area contributed by atoms with Crippen LogP contribution in [0.1, 0.15) is 11.3 Å². The van der Waals surface area contributed by atoms with Gasteiger partial charge in [-0.3, -0.25) is 14.2 Å². The maximum Gasteiger partial charge on any atom is 0.254 e. The highest BCUT2D eigenvalue weighted by Gasteiger charge is 2.13. The topological polar surface area (TPSA) is 64.0 Å². The normalized spacial score (nSPS) is 10.7. The average molecular weight is 420 g/mol. The Labute approximate surface area is 170 Å². The Hall–Kier alpha value is -2.70. The number of carbonyl (C=O) groups is 1. The fraction of sp³-hybridized carbons (Fsp3) is 0.150. The molecule has 0 aliphatic carbocycles. The monoisotopic (exact) mass is 419 g/mol. The molecule has 0 bridgehead atoms. The lowest BCUT2D eigenvalue weighted by Gasteiger charge is -2.13. The van der Waals surface area contributed by atoms with Crippen molar-refractivity contribution in [2.24, 2.45) is 0 Å². The molecule has 144 valence electrons. The van der Waals surface area contributed by atoms with Crippen molar-refractivity contribution in [2.45, 2.75) is 20.0 Å². The zero-order valence-corrected chi connectivity index (χ0v) is 16.4. The van der Waals surface area contributed by atoms with Gasteiger partial charge in [-0.2, -0.15) is 0 Å². The van der Waals surface area contributed by atoms with Gasteiger partial charge in [0.05, 0.1) is 5.02 Å². The first-order chi connectivity index (χ1) is 13.3. The number of hydrogen-bond acceptors (Lipinski definition) is 3. The molecule has 0 saturated heterocycles. The molecule has 5 nitrogen and oxygen atoms in total. The van der Waals surface area contributed by atoms with Gasteiger partial charge in [0.2, 0.25) is 5.91 Å². The van der Waals surface area contributed by atoms with E-state index in [4.69, 9.17) is 23.2 Å². The molecule has 3 aromatic rings. The lowest BCUT2D eigenvalue weighted by atomic mass is 10.2. The number of nitrogens with zero attached hydrogens (tertiary/aromatic N) is 2. The number of amides is 1. The SMILES string of the molecule is Cc1cc(=O)n(CC(=O)NCc2ccc(F)c(Cl)c2)c(-c2cccc(Cl)c2)n1. The fourth-order valence-corrected chi connectivity index (χ4v) is 3.06. The van der Waals surface area contributed by atoms with Crippen molar-refractivity contribution in [2.75, 3.05) is 0 Å². The van der Waals surface area contributed by atoms with Gasteiger partial charge in [0.15, 0.2) is 0 Å². The highest BCUT2D eigenvalue weighted by molar-refractivity contribution is 6.31. The minimum Gasteiger partial charge on any atom is -0.350 e. The minimum atomic E-state index is -0.528. The second kappa shape index (κ2) is 8.54. The summed E-state index contributed by atoms with van der Waals surface area (Å²) in [7, 11) is 0. The molecule has 1 N–H and O–H groups in total. The summed E-state index contributed by atoms with van der Waals surface area (Å²) in [5.41, 5.74) is 1.47. The van der Waals surface area contributed by atoms with E-state index >= 15 is 0 Å². The number of aromatic nitrogens is 2. The van der Waals surface area contributed by atoms with Crippen molar-refractivity contribution < 1.29 is 9.18 Å². The van der Waals surface area contributed by atoms with Crippen molar-refractivity contribution in [1.29, 1.82) is 0 Å². The minimum absolute atomic E-state index is 0.0195. The zero-order chi connectivity index (χ0) is 20.3. The molecule has 1 heterocycles. The maximum atomic E-state index is 13.2. The van der Waals surface area contributed by atoms with Crippen molar-refractivity contribution in [3.63, 3.8) is 0 Å². The molecule has 3 rings (SSSR count). The molecule has 0 aliphatic rings. The molecule has 0 unspecified atom stereocenters. The standard InChI is InChI=1S/C20H16Cl2FN3O2/c1-12-7-19(28)26(20(25-12)14-3-2-4-15(21)9-14)11-18(27)24-10-13-5-6-17(23)16(22)8-13/h2-9H,10-11H2,1H3,(H,24,27). The molecule has 2 aromatic carbocycles. The molecule has 0 aliphatic heterocycles. The predicted octanol–water partition coefficient (Wildman–Crippen LogP) is 3.98. The van der Waals surface area contributed by atoms with Gasteiger partial charge < -0.3 is 5.32 Å². The van der Waals surface area contributed by atoms with Crippen LogP contribution >= 0.6 is 23.2 Å². The summed E-state index contributed by atoms with van der Waals surface area (Å²) in [6, 6.07) is 12.5. The highest BCUT2D eigenvalue weighted by Crippen LogP contribution is 2.20. The number of halogens is 3. The Bertz CT molecular complexity index is 1100. The summed E-state index contributed by atoms with van der Waals surface area (Å²) in [4.78, 5) is 29.3. The van der Waals surface area contributed by atoms with E-state index in [2.05, 4.69) is 10.3 Å². The second-order valence-corrected chi connectivity index (χ2v) is 7.02. The molecule has 1 amide bonds. The summed E-state index contributed by atoms with van der Waals surface area (Å²) in [6.45, 7) is 1.64. The van der Waals surface area contributed by atoms with Crippen LogP contribution in [0.3, 0.4) is 0 Å². The van der Waals surface area contributed by atoms with E-state index in [0.29, 0.717) is 27.7 Å². The highest BCUT2D eigenvalue weighted by atomic mass is 35.5. The first-order valence-electron chi connectivity index (χ1n) is 8.38. The van der Waals surface area contributed by atoms with Gasteiger partial charge in [0.25, 0.3) is 5.56 Å². The van der Waals surface area contributed by atoms with Gasteiger partial charge in [-0.05, 0) is 36.8 Å². The lowest BCUT2D eigenvalue weighted by molar-refractivity contribution is -0.121. The van der Waals surface area contributed by atoms with E-state index in [1.165, 1.54) is 28.8 Å². The second-order valence-electron chi connectivity index (χ2n) is 6.18. The molecule has 0 fully saturated rings. The van der Waals surface area contributed by atoms with Crippen LogP contribution in [0.25, 0.3) is 11.4 Å². The molecule has 1 aromatic heterocycles. The third-order valence-corrected chi connectivity index (χ3v) is 4.52. The number of rotatable bonds is 5. The Morgan fingerprint density at radius 2 is 1.96 bits per heavy atom. The fourth-order valence-electron chi connectivity index (χ4n) is 2.67. The summed E-state index contributed by atoms with van der Waals surface area (Å²) in [6.07, 6.45) is 0. The van der Waals surface area contributed by atoms with Crippen molar-refractivity contribution in [3.05, 3.63) is 86.0 Å². The lowest BCUT2D eigenvalue weighted by Crippen LogP contribution is -2.33. The molecule has 28 heavy (non-hydrogen) atoms. The maximum absolute atomic E-state index is 13.2. The summed E-state index contributed by atoms with van der Waals surface area (Å²) < 4.78 is 14.5. The van der Waals surface area contributed by atoms with Crippen LogP contribution in [0.2, 0.25) is 10.0 Å². The number of carbonyl (C=O) groups excluding carboxylic acids is 1. The van der Waals surface area contributed by atoms with Crippen molar-refractivity contribution >= 4 is 29.1 Å². The molecular weight excluding hydrogens is 404 g/mol. The van der Waals surface area contributed by atoms with Crippen LogP contribution in [0, 0.1) is 12.7 Å². The Balaban J connectivity index is 1.82. The van der Waals surface area contributed by atoms with Gasteiger partial charge in [0.1, 0.15) is 18.2 Å². The van der Waals surface area contributed by atoms with Crippen LogP contribution in [0.15, 0.2) is 53.3 Å². The molecule has 8 heteroatoms. The van der Waals surface area contributed by atoms with E-state index in [9.17, 15) is 14.0 Å². The molecule has 0 radical (unpaired) electrons.